The van der Waals surface area contributed by atoms with Crippen LogP contribution in [0.4, 0.5) is 0 Å². The fraction of sp³-hybridized carbons (Fsp3) is 0.727. The Bertz CT molecular complexity index is 362. The maximum Gasteiger partial charge on any atom is 0.310 e. The van der Waals surface area contributed by atoms with Crippen molar-refractivity contribution < 1.29 is 19.5 Å². The summed E-state index contributed by atoms with van der Waals surface area (Å²) in [7, 11) is 0. The van der Waals surface area contributed by atoms with Gasteiger partial charge in [0.15, 0.2) is 0 Å². The van der Waals surface area contributed by atoms with Gasteiger partial charge in [0, 0.05) is 26.6 Å². The molecule has 2 fully saturated rings. The van der Waals surface area contributed by atoms with Gasteiger partial charge in [0.1, 0.15) is 6.04 Å². The number of hydrogen-bond acceptors (Lipinski definition) is 3. The molecule has 2 heterocycles. The molecule has 17 heavy (non-hydrogen) atoms. The van der Waals surface area contributed by atoms with E-state index in [1.54, 1.807) is 4.90 Å². The Hall–Kier alpha value is -1.59. The number of amides is 2. The van der Waals surface area contributed by atoms with Crippen molar-refractivity contribution in [3.8, 4) is 0 Å². The summed E-state index contributed by atoms with van der Waals surface area (Å²) < 4.78 is 0. The van der Waals surface area contributed by atoms with Gasteiger partial charge in [-0.05, 0) is 12.8 Å². The molecule has 2 rings (SSSR count). The summed E-state index contributed by atoms with van der Waals surface area (Å²) in [6, 6.07) is -0.373. The van der Waals surface area contributed by atoms with Crippen molar-refractivity contribution in [2.75, 3.05) is 19.6 Å². The lowest BCUT2D eigenvalue weighted by molar-refractivity contribution is -0.156. The minimum atomic E-state index is -0.858. The first-order chi connectivity index (χ1) is 8.00. The van der Waals surface area contributed by atoms with Crippen LogP contribution in [0.5, 0.6) is 0 Å². The van der Waals surface area contributed by atoms with E-state index in [0.717, 1.165) is 6.42 Å². The molecule has 0 radical (unpaired) electrons. The first kappa shape index (κ1) is 11.9. The molecule has 0 bridgehead atoms. The molecule has 0 unspecified atom stereocenters. The molecule has 94 valence electrons. The minimum Gasteiger partial charge on any atom is -0.481 e. The Kier molecular flexibility index (Phi) is 3.04. The third-order valence-corrected chi connectivity index (χ3v) is 3.48. The van der Waals surface area contributed by atoms with Crippen LogP contribution in [0.2, 0.25) is 0 Å². The highest BCUT2D eigenvalue weighted by molar-refractivity contribution is 5.89. The molecule has 0 aromatic heterocycles. The van der Waals surface area contributed by atoms with Gasteiger partial charge in [-0.15, -0.1) is 0 Å². The van der Waals surface area contributed by atoms with E-state index in [-0.39, 0.29) is 30.9 Å². The largest absolute Gasteiger partial charge is 0.481 e. The Morgan fingerprint density at radius 1 is 1.24 bits per heavy atom. The number of carboxylic acid groups (broad SMARTS) is 1. The molecule has 0 spiro atoms. The SMILES string of the molecule is CC(=O)N1CCC[C@H]1C(=O)N1CC(C(=O)O)C1. The number of hydrogen-bond donors (Lipinski definition) is 1. The monoisotopic (exact) mass is 240 g/mol. The molecule has 0 aromatic carbocycles. The second-order valence-corrected chi connectivity index (χ2v) is 4.65. The lowest BCUT2D eigenvalue weighted by atomic mass is 9.99. The van der Waals surface area contributed by atoms with E-state index < -0.39 is 11.9 Å². The molecule has 1 N–H and O–H groups in total. The smallest absolute Gasteiger partial charge is 0.310 e. The first-order valence-electron chi connectivity index (χ1n) is 5.79. The Morgan fingerprint density at radius 2 is 1.88 bits per heavy atom. The van der Waals surface area contributed by atoms with E-state index in [2.05, 4.69) is 0 Å². The number of aliphatic carboxylic acids is 1. The minimum absolute atomic E-state index is 0.0869. The van der Waals surface area contributed by atoms with Gasteiger partial charge in [-0.25, -0.2) is 0 Å². The summed E-state index contributed by atoms with van der Waals surface area (Å²) in [5.41, 5.74) is 0. The van der Waals surface area contributed by atoms with Crippen LogP contribution in [0.1, 0.15) is 19.8 Å². The molecular formula is C11H16N2O4. The second kappa shape index (κ2) is 4.35. The molecular weight excluding hydrogens is 224 g/mol. The molecule has 2 amide bonds. The van der Waals surface area contributed by atoms with Crippen LogP contribution in [-0.2, 0) is 14.4 Å². The first-order valence-corrected chi connectivity index (χ1v) is 5.79. The molecule has 2 saturated heterocycles. The summed E-state index contributed by atoms with van der Waals surface area (Å²) in [5.74, 6) is -1.48. The van der Waals surface area contributed by atoms with Crippen LogP contribution in [0.3, 0.4) is 0 Å². The summed E-state index contributed by atoms with van der Waals surface area (Å²) in [6.45, 7) is 2.64. The second-order valence-electron chi connectivity index (χ2n) is 4.65. The van der Waals surface area contributed by atoms with Crippen LogP contribution in [0, 0.1) is 5.92 Å². The third-order valence-electron chi connectivity index (χ3n) is 3.48. The molecule has 6 nitrogen and oxygen atoms in total. The predicted octanol–water partition coefficient (Wildman–Crippen LogP) is -0.460. The van der Waals surface area contributed by atoms with Crippen LogP contribution >= 0.6 is 0 Å². The highest BCUT2D eigenvalue weighted by atomic mass is 16.4. The molecule has 0 aromatic rings. The number of likely N-dealkylation sites (tertiary alicyclic amines) is 2. The van der Waals surface area contributed by atoms with Gasteiger partial charge < -0.3 is 14.9 Å². The highest BCUT2D eigenvalue weighted by Crippen LogP contribution is 2.24. The molecule has 6 heteroatoms. The standard InChI is InChI=1S/C11H16N2O4/c1-7(14)13-4-2-3-9(13)10(15)12-5-8(6-12)11(16)17/h8-9H,2-6H2,1H3,(H,16,17)/t9-/m0/s1. The Balaban J connectivity index is 1.93. The molecule has 1 atom stereocenters. The van der Waals surface area contributed by atoms with Gasteiger partial charge in [-0.2, -0.15) is 0 Å². The predicted molar refractivity (Wildman–Crippen MR) is 58.1 cm³/mol. The van der Waals surface area contributed by atoms with E-state index in [1.807, 2.05) is 0 Å². The maximum absolute atomic E-state index is 12.0. The van der Waals surface area contributed by atoms with Crippen LogP contribution < -0.4 is 0 Å². The number of carboxylic acids is 1. The maximum atomic E-state index is 12.0. The zero-order chi connectivity index (χ0) is 12.6. The highest BCUT2D eigenvalue weighted by Gasteiger charge is 2.41. The zero-order valence-corrected chi connectivity index (χ0v) is 9.76. The van der Waals surface area contributed by atoms with Crippen molar-refractivity contribution in [3.63, 3.8) is 0 Å². The van der Waals surface area contributed by atoms with Gasteiger partial charge in [-0.3, -0.25) is 14.4 Å². The normalized spacial score (nSPS) is 24.6. The number of carbonyl (C=O) groups is 3. The number of carbonyl (C=O) groups excluding carboxylic acids is 2. The van der Waals surface area contributed by atoms with Crippen molar-refractivity contribution in [2.24, 2.45) is 5.92 Å². The van der Waals surface area contributed by atoms with Gasteiger partial charge >= 0.3 is 5.97 Å². The van der Waals surface area contributed by atoms with E-state index in [9.17, 15) is 14.4 Å². The Labute approximate surface area is 99.2 Å². The molecule has 2 aliphatic rings. The lowest BCUT2D eigenvalue weighted by Crippen LogP contribution is -2.58. The van der Waals surface area contributed by atoms with E-state index >= 15 is 0 Å². The average molecular weight is 240 g/mol. The van der Waals surface area contributed by atoms with Crippen molar-refractivity contribution in [1.82, 2.24) is 9.80 Å². The van der Waals surface area contributed by atoms with Gasteiger partial charge in [0.25, 0.3) is 0 Å². The quantitative estimate of drug-likeness (QED) is 0.708. The zero-order valence-electron chi connectivity index (χ0n) is 9.76. The van der Waals surface area contributed by atoms with E-state index in [1.165, 1.54) is 11.8 Å². The van der Waals surface area contributed by atoms with E-state index in [4.69, 9.17) is 5.11 Å². The Morgan fingerprint density at radius 3 is 2.41 bits per heavy atom. The van der Waals surface area contributed by atoms with Crippen LogP contribution in [-0.4, -0.2) is 58.4 Å². The molecule has 0 saturated carbocycles. The van der Waals surface area contributed by atoms with Gasteiger partial charge in [-0.1, -0.05) is 0 Å². The van der Waals surface area contributed by atoms with E-state index in [0.29, 0.717) is 13.0 Å². The molecule has 0 aliphatic carbocycles. The third kappa shape index (κ3) is 2.11. The summed E-state index contributed by atoms with van der Waals surface area (Å²) >= 11 is 0. The van der Waals surface area contributed by atoms with Gasteiger partial charge in [0.05, 0.1) is 5.92 Å². The summed E-state index contributed by atoms with van der Waals surface area (Å²) in [5, 5.41) is 8.74. The van der Waals surface area contributed by atoms with Crippen LogP contribution in [0.15, 0.2) is 0 Å². The fourth-order valence-corrected chi connectivity index (χ4v) is 2.43. The van der Waals surface area contributed by atoms with Crippen molar-refractivity contribution in [3.05, 3.63) is 0 Å². The molecule has 2 aliphatic heterocycles. The lowest BCUT2D eigenvalue weighted by Gasteiger charge is -2.39. The van der Waals surface area contributed by atoms with Gasteiger partial charge in [0.2, 0.25) is 11.8 Å². The number of nitrogens with zero attached hydrogens (tertiary/aromatic N) is 2. The fourth-order valence-electron chi connectivity index (χ4n) is 2.43. The van der Waals surface area contributed by atoms with Crippen molar-refractivity contribution in [1.29, 1.82) is 0 Å². The summed E-state index contributed by atoms with van der Waals surface area (Å²) in [4.78, 5) is 37.1. The average Bonchev–Trinajstić information content (AvgIpc) is 2.62. The topological polar surface area (TPSA) is 77.9 Å². The number of rotatable bonds is 2. The van der Waals surface area contributed by atoms with Crippen LogP contribution in [0.25, 0.3) is 0 Å². The summed E-state index contributed by atoms with van der Waals surface area (Å²) in [6.07, 6.45) is 1.53. The van der Waals surface area contributed by atoms with Crippen molar-refractivity contribution in [2.45, 2.75) is 25.8 Å². The van der Waals surface area contributed by atoms with Crippen molar-refractivity contribution >= 4 is 17.8 Å².